The predicted molar refractivity (Wildman–Crippen MR) is 89.3 cm³/mol. The van der Waals surface area contributed by atoms with Gasteiger partial charge >= 0.3 is 6.18 Å². The number of nitrogens with one attached hydrogen (secondary N) is 1. The van der Waals surface area contributed by atoms with E-state index < -0.39 is 17.6 Å². The van der Waals surface area contributed by atoms with Crippen molar-refractivity contribution in [1.29, 1.82) is 0 Å². The van der Waals surface area contributed by atoms with Gasteiger partial charge in [0.15, 0.2) is 0 Å². The highest BCUT2D eigenvalue weighted by Gasteiger charge is 2.33. The molecule has 1 atom stereocenters. The fourth-order valence-corrected chi connectivity index (χ4v) is 3.60. The van der Waals surface area contributed by atoms with E-state index in [2.05, 4.69) is 5.32 Å². The molecule has 2 aliphatic heterocycles. The number of benzene rings is 1. The third-order valence-corrected chi connectivity index (χ3v) is 5.01. The summed E-state index contributed by atoms with van der Waals surface area (Å²) in [6, 6.07) is 3.33. The molecule has 4 rings (SSSR count). The van der Waals surface area contributed by atoms with Gasteiger partial charge in [0.2, 0.25) is 5.76 Å². The zero-order valence-corrected chi connectivity index (χ0v) is 14.1. The van der Waals surface area contributed by atoms with Crippen LogP contribution in [0.2, 0.25) is 0 Å². The standard InChI is InChI=1S/C18H19F3N2O3/c19-18(20,21)12-1-2-14-13(9-12)15-16(26-14)17(24)22-5-7-23(15)6-3-11-4-8-25-10-11/h1-2,9,11H,3-8,10H2,(H,22,24)/t11-/m1/s1. The average Bonchev–Trinajstić information content (AvgIpc) is 3.21. The van der Waals surface area contributed by atoms with Crippen molar-refractivity contribution in [1.82, 2.24) is 5.32 Å². The van der Waals surface area contributed by atoms with Gasteiger partial charge in [-0.25, -0.2) is 0 Å². The second-order valence-corrected chi connectivity index (χ2v) is 6.75. The van der Waals surface area contributed by atoms with Crippen LogP contribution in [-0.2, 0) is 10.9 Å². The number of halogens is 3. The van der Waals surface area contributed by atoms with Crippen LogP contribution in [0.15, 0.2) is 22.6 Å². The van der Waals surface area contributed by atoms with Gasteiger partial charge in [0, 0.05) is 38.2 Å². The van der Waals surface area contributed by atoms with Gasteiger partial charge in [0.05, 0.1) is 11.3 Å². The van der Waals surface area contributed by atoms with Crippen molar-refractivity contribution in [2.24, 2.45) is 5.92 Å². The maximum Gasteiger partial charge on any atom is 0.416 e. The van der Waals surface area contributed by atoms with Gasteiger partial charge in [-0.05, 0) is 37.0 Å². The first-order valence-electron chi connectivity index (χ1n) is 8.68. The molecule has 140 valence electrons. The van der Waals surface area contributed by atoms with Crippen molar-refractivity contribution in [3.05, 3.63) is 29.5 Å². The second kappa shape index (κ2) is 6.50. The third-order valence-electron chi connectivity index (χ3n) is 5.01. The number of amides is 1. The molecule has 0 bridgehead atoms. The lowest BCUT2D eigenvalue weighted by atomic mass is 10.0. The number of hydrogen-bond acceptors (Lipinski definition) is 4. The Bertz CT molecular complexity index is 825. The second-order valence-electron chi connectivity index (χ2n) is 6.75. The summed E-state index contributed by atoms with van der Waals surface area (Å²) in [5.74, 6) is 0.130. The minimum absolute atomic E-state index is 0.0829. The summed E-state index contributed by atoms with van der Waals surface area (Å²) in [5, 5.41) is 3.07. The highest BCUT2D eigenvalue weighted by molar-refractivity contribution is 6.07. The number of ether oxygens (including phenoxy) is 1. The molecule has 3 heterocycles. The highest BCUT2D eigenvalue weighted by Crippen LogP contribution is 2.39. The predicted octanol–water partition coefficient (Wildman–Crippen LogP) is 3.43. The summed E-state index contributed by atoms with van der Waals surface area (Å²) in [5.41, 5.74) is -0.00309. The lowest BCUT2D eigenvalue weighted by molar-refractivity contribution is -0.137. The van der Waals surface area contributed by atoms with Crippen LogP contribution in [0.3, 0.4) is 0 Å². The Morgan fingerprint density at radius 2 is 2.15 bits per heavy atom. The molecule has 26 heavy (non-hydrogen) atoms. The molecule has 2 aromatic rings. The quantitative estimate of drug-likeness (QED) is 0.902. The van der Waals surface area contributed by atoms with E-state index in [1.165, 1.54) is 6.07 Å². The molecular formula is C18H19F3N2O3. The van der Waals surface area contributed by atoms with Crippen LogP contribution in [0.25, 0.3) is 11.0 Å². The van der Waals surface area contributed by atoms with Crippen LogP contribution in [0.1, 0.15) is 29.0 Å². The fraction of sp³-hybridized carbons (Fsp3) is 0.500. The lowest BCUT2D eigenvalue weighted by Crippen LogP contribution is -2.31. The number of carbonyl (C=O) groups excluding carboxylic acids is 1. The Hall–Kier alpha value is -2.22. The maximum atomic E-state index is 13.1. The maximum absolute atomic E-state index is 13.1. The lowest BCUT2D eigenvalue weighted by Gasteiger charge is -2.24. The first-order chi connectivity index (χ1) is 12.4. The Labute approximate surface area is 148 Å². The molecule has 0 aliphatic carbocycles. The van der Waals surface area contributed by atoms with Crippen molar-refractivity contribution in [3.63, 3.8) is 0 Å². The molecule has 1 amide bonds. The number of alkyl halides is 3. The summed E-state index contributed by atoms with van der Waals surface area (Å²) < 4.78 is 50.4. The van der Waals surface area contributed by atoms with E-state index >= 15 is 0 Å². The number of hydrogen-bond donors (Lipinski definition) is 1. The van der Waals surface area contributed by atoms with E-state index in [1.54, 1.807) is 0 Å². The van der Waals surface area contributed by atoms with Gasteiger partial charge in [-0.2, -0.15) is 13.2 Å². The zero-order chi connectivity index (χ0) is 18.3. The number of nitrogens with zero attached hydrogens (tertiary/aromatic N) is 1. The van der Waals surface area contributed by atoms with Gasteiger partial charge in [-0.3, -0.25) is 4.79 Å². The normalized spacial score (nSPS) is 21.0. The number of carbonyl (C=O) groups is 1. The Kier molecular flexibility index (Phi) is 4.30. The number of rotatable bonds is 3. The minimum atomic E-state index is -4.45. The Morgan fingerprint density at radius 3 is 2.88 bits per heavy atom. The van der Waals surface area contributed by atoms with E-state index in [4.69, 9.17) is 9.15 Å². The Morgan fingerprint density at radius 1 is 1.31 bits per heavy atom. The molecule has 0 saturated carbocycles. The van der Waals surface area contributed by atoms with Crippen molar-refractivity contribution in [3.8, 4) is 0 Å². The van der Waals surface area contributed by atoms with Crippen LogP contribution in [0, 0.1) is 5.92 Å². The summed E-state index contributed by atoms with van der Waals surface area (Å²) in [7, 11) is 0. The van der Waals surface area contributed by atoms with E-state index in [0.29, 0.717) is 43.2 Å². The Balaban J connectivity index is 1.74. The molecule has 1 N–H and O–H groups in total. The molecule has 1 fully saturated rings. The molecule has 8 heteroatoms. The van der Waals surface area contributed by atoms with Crippen molar-refractivity contribution >= 4 is 22.6 Å². The van der Waals surface area contributed by atoms with Crippen molar-refractivity contribution in [2.45, 2.75) is 19.0 Å². The van der Waals surface area contributed by atoms with Crippen LogP contribution < -0.4 is 10.2 Å². The first-order valence-corrected chi connectivity index (χ1v) is 8.68. The fourth-order valence-electron chi connectivity index (χ4n) is 3.60. The number of anilines is 1. The molecule has 1 saturated heterocycles. The number of furan rings is 1. The molecule has 1 aromatic heterocycles. The molecular weight excluding hydrogens is 349 g/mol. The van der Waals surface area contributed by atoms with Crippen molar-refractivity contribution in [2.75, 3.05) is 37.7 Å². The van der Waals surface area contributed by atoms with Crippen LogP contribution in [-0.4, -0.2) is 38.8 Å². The molecule has 5 nitrogen and oxygen atoms in total. The summed E-state index contributed by atoms with van der Waals surface area (Å²) in [6.45, 7) is 3.05. The zero-order valence-electron chi connectivity index (χ0n) is 14.1. The summed E-state index contributed by atoms with van der Waals surface area (Å²) in [6.07, 6.45) is -2.60. The van der Waals surface area contributed by atoms with E-state index in [9.17, 15) is 18.0 Å². The van der Waals surface area contributed by atoms with Crippen molar-refractivity contribution < 1.29 is 27.1 Å². The summed E-state index contributed by atoms with van der Waals surface area (Å²) >= 11 is 0. The topological polar surface area (TPSA) is 54.7 Å². The van der Waals surface area contributed by atoms with E-state index in [1.807, 2.05) is 4.90 Å². The average molecular weight is 368 g/mol. The molecule has 0 radical (unpaired) electrons. The van der Waals surface area contributed by atoms with Gasteiger partial charge in [0.25, 0.3) is 5.91 Å². The van der Waals surface area contributed by atoms with Gasteiger partial charge in [0.1, 0.15) is 5.58 Å². The first kappa shape index (κ1) is 17.2. The van der Waals surface area contributed by atoms with Gasteiger partial charge in [-0.1, -0.05) is 0 Å². The van der Waals surface area contributed by atoms with Gasteiger partial charge in [-0.15, -0.1) is 0 Å². The molecule has 0 spiro atoms. The summed E-state index contributed by atoms with van der Waals surface area (Å²) in [4.78, 5) is 14.2. The number of fused-ring (bicyclic) bond motifs is 3. The third kappa shape index (κ3) is 3.13. The van der Waals surface area contributed by atoms with Crippen LogP contribution in [0.5, 0.6) is 0 Å². The van der Waals surface area contributed by atoms with E-state index in [-0.39, 0.29) is 11.3 Å². The highest BCUT2D eigenvalue weighted by atomic mass is 19.4. The largest absolute Gasteiger partial charge is 0.449 e. The molecule has 2 aliphatic rings. The molecule has 1 aromatic carbocycles. The van der Waals surface area contributed by atoms with E-state index in [0.717, 1.165) is 31.6 Å². The monoisotopic (exact) mass is 368 g/mol. The molecule has 0 unspecified atom stereocenters. The SMILES string of the molecule is O=C1NCCN(CC[C@@H]2CCOC2)c2c1oc1ccc(C(F)(F)F)cc21. The minimum Gasteiger partial charge on any atom is -0.449 e. The van der Waals surface area contributed by atoms with Crippen LogP contribution >= 0.6 is 0 Å². The van der Waals surface area contributed by atoms with Crippen LogP contribution in [0.4, 0.5) is 18.9 Å². The van der Waals surface area contributed by atoms with Gasteiger partial charge < -0.3 is 19.4 Å². The smallest absolute Gasteiger partial charge is 0.416 e.